The van der Waals surface area contributed by atoms with E-state index in [0.29, 0.717) is 0 Å². The first-order valence-electron chi connectivity index (χ1n) is 6.01. The molecule has 1 aromatic carbocycles. The van der Waals surface area contributed by atoms with E-state index in [4.69, 9.17) is 0 Å². The summed E-state index contributed by atoms with van der Waals surface area (Å²) in [4.78, 5) is 4.37. The largest absolute Gasteiger partial charge is 0.242 e. The van der Waals surface area contributed by atoms with E-state index in [1.807, 2.05) is 6.92 Å². The maximum absolute atomic E-state index is 4.37. The van der Waals surface area contributed by atoms with Crippen LogP contribution in [-0.4, -0.2) is 4.98 Å². The average molecular weight is 235 g/mol. The van der Waals surface area contributed by atoms with Crippen molar-refractivity contribution in [1.82, 2.24) is 4.98 Å². The number of benzene rings is 1. The van der Waals surface area contributed by atoms with Crippen molar-refractivity contribution < 1.29 is 0 Å². The number of hydrogen-bond donors (Lipinski definition) is 0. The molecule has 1 heterocycles. The van der Waals surface area contributed by atoms with Gasteiger partial charge in [-0.25, -0.2) is 4.98 Å². The van der Waals surface area contributed by atoms with Gasteiger partial charge in [-0.1, -0.05) is 39.2 Å². The smallest absolute Gasteiger partial charge is 0.0907 e. The van der Waals surface area contributed by atoms with Crippen LogP contribution in [0.15, 0.2) is 18.2 Å². The summed E-state index contributed by atoms with van der Waals surface area (Å²) in [6, 6.07) is 6.36. The first-order chi connectivity index (χ1) is 7.67. The summed E-state index contributed by atoms with van der Waals surface area (Å²) in [7, 11) is 0. The second-order valence-electron chi connectivity index (χ2n) is 4.06. The van der Waals surface area contributed by atoms with Crippen molar-refractivity contribution in [1.29, 1.82) is 0 Å². The molecule has 0 N–H and O–H groups in total. The number of thiazole rings is 1. The second kappa shape index (κ2) is 6.64. The van der Waals surface area contributed by atoms with Crippen molar-refractivity contribution in [2.75, 3.05) is 0 Å². The second-order valence-corrected chi connectivity index (χ2v) is 5.29. The molecule has 0 amide bonds. The van der Waals surface area contributed by atoms with Crippen molar-refractivity contribution in [3.05, 3.63) is 28.8 Å². The Labute approximate surface area is 103 Å². The van der Waals surface area contributed by atoms with Crippen LogP contribution in [0.4, 0.5) is 0 Å². The van der Waals surface area contributed by atoms with Crippen LogP contribution in [0.5, 0.6) is 0 Å². The number of hydrogen-bond acceptors (Lipinski definition) is 2. The molecule has 0 bridgehead atoms. The SMILES string of the molecule is CCCCC.Cc1ccc2nc(C)sc2c1. The zero-order valence-corrected chi connectivity index (χ0v) is 11.5. The molecule has 2 rings (SSSR count). The molecule has 0 atom stereocenters. The fraction of sp³-hybridized carbons (Fsp3) is 0.500. The summed E-state index contributed by atoms with van der Waals surface area (Å²) in [6.45, 7) is 8.57. The normalized spacial score (nSPS) is 10.0. The predicted molar refractivity (Wildman–Crippen MR) is 74.3 cm³/mol. The van der Waals surface area contributed by atoms with E-state index in [2.05, 4.69) is 44.0 Å². The molecule has 0 aliphatic rings. The lowest BCUT2D eigenvalue weighted by Gasteiger charge is -1.88. The summed E-state index contributed by atoms with van der Waals surface area (Å²) in [5, 5.41) is 1.14. The average Bonchev–Trinajstić information content (AvgIpc) is 2.59. The highest BCUT2D eigenvalue weighted by Crippen LogP contribution is 2.21. The molecule has 2 heteroatoms. The number of aryl methyl sites for hydroxylation is 2. The molecular weight excluding hydrogens is 214 g/mol. The quantitative estimate of drug-likeness (QED) is 0.705. The number of fused-ring (bicyclic) bond motifs is 1. The Balaban J connectivity index is 0.000000221. The highest BCUT2D eigenvalue weighted by Gasteiger charge is 1.98. The Morgan fingerprint density at radius 1 is 1.12 bits per heavy atom. The summed E-state index contributed by atoms with van der Waals surface area (Å²) in [5.74, 6) is 0. The molecule has 0 saturated heterocycles. The van der Waals surface area contributed by atoms with Crippen molar-refractivity contribution in [2.24, 2.45) is 0 Å². The minimum Gasteiger partial charge on any atom is -0.242 e. The van der Waals surface area contributed by atoms with Gasteiger partial charge in [-0.2, -0.15) is 0 Å². The molecule has 0 unspecified atom stereocenters. The summed E-state index contributed by atoms with van der Waals surface area (Å²) < 4.78 is 1.29. The van der Waals surface area contributed by atoms with E-state index in [0.717, 1.165) is 10.5 Å². The van der Waals surface area contributed by atoms with Crippen LogP contribution in [0.3, 0.4) is 0 Å². The Hall–Kier alpha value is -0.890. The number of unbranched alkanes of at least 4 members (excludes halogenated alkanes) is 2. The number of nitrogens with zero attached hydrogens (tertiary/aromatic N) is 1. The molecule has 1 nitrogen and oxygen atoms in total. The third-order valence-electron chi connectivity index (χ3n) is 2.36. The Morgan fingerprint density at radius 3 is 2.38 bits per heavy atom. The van der Waals surface area contributed by atoms with E-state index >= 15 is 0 Å². The van der Waals surface area contributed by atoms with Crippen LogP contribution in [0.2, 0.25) is 0 Å². The standard InChI is InChI=1S/C9H9NS.C5H12/c1-6-3-4-8-9(5-6)11-7(2)10-8;1-3-5-4-2/h3-5H,1-2H3;3-5H2,1-2H3. The van der Waals surface area contributed by atoms with Gasteiger partial charge < -0.3 is 0 Å². The van der Waals surface area contributed by atoms with Crippen LogP contribution in [-0.2, 0) is 0 Å². The third kappa shape index (κ3) is 3.93. The third-order valence-corrected chi connectivity index (χ3v) is 3.29. The summed E-state index contributed by atoms with van der Waals surface area (Å²) >= 11 is 1.76. The van der Waals surface area contributed by atoms with Crippen molar-refractivity contribution in [2.45, 2.75) is 47.0 Å². The molecule has 2 aromatic rings. The zero-order chi connectivity index (χ0) is 12.0. The first-order valence-corrected chi connectivity index (χ1v) is 6.82. The molecule has 0 radical (unpaired) electrons. The van der Waals surface area contributed by atoms with E-state index in [9.17, 15) is 0 Å². The Kier molecular flexibility index (Phi) is 5.47. The van der Waals surface area contributed by atoms with Gasteiger partial charge in [-0.05, 0) is 31.5 Å². The van der Waals surface area contributed by atoms with Gasteiger partial charge in [0.25, 0.3) is 0 Å². The molecule has 0 spiro atoms. The van der Waals surface area contributed by atoms with Gasteiger partial charge in [0.2, 0.25) is 0 Å². The molecular formula is C14H21NS. The molecule has 16 heavy (non-hydrogen) atoms. The molecule has 88 valence electrons. The first kappa shape index (κ1) is 13.2. The van der Waals surface area contributed by atoms with Gasteiger partial charge in [0.15, 0.2) is 0 Å². The molecule has 0 fully saturated rings. The summed E-state index contributed by atoms with van der Waals surface area (Å²) in [5.41, 5.74) is 2.43. The van der Waals surface area contributed by atoms with Crippen LogP contribution in [0, 0.1) is 13.8 Å². The highest BCUT2D eigenvalue weighted by atomic mass is 32.1. The minimum atomic E-state index is 1.12. The zero-order valence-electron chi connectivity index (χ0n) is 10.7. The Morgan fingerprint density at radius 2 is 1.81 bits per heavy atom. The van der Waals surface area contributed by atoms with Crippen LogP contribution in [0.25, 0.3) is 10.2 Å². The molecule has 0 aliphatic carbocycles. The number of aromatic nitrogens is 1. The number of rotatable bonds is 2. The lowest BCUT2D eigenvalue weighted by atomic mass is 10.2. The van der Waals surface area contributed by atoms with Gasteiger partial charge in [0.1, 0.15) is 0 Å². The summed E-state index contributed by atoms with van der Waals surface area (Å²) in [6.07, 6.45) is 4.08. The predicted octanol–water partition coefficient (Wildman–Crippen LogP) is 5.11. The molecule has 1 aromatic heterocycles. The van der Waals surface area contributed by atoms with Gasteiger partial charge in [0.05, 0.1) is 15.2 Å². The fourth-order valence-corrected chi connectivity index (χ4v) is 2.43. The van der Waals surface area contributed by atoms with Crippen molar-refractivity contribution >= 4 is 21.6 Å². The molecule has 0 aliphatic heterocycles. The van der Waals surface area contributed by atoms with Crippen LogP contribution >= 0.6 is 11.3 Å². The van der Waals surface area contributed by atoms with Gasteiger partial charge >= 0.3 is 0 Å². The van der Waals surface area contributed by atoms with Crippen molar-refractivity contribution in [3.8, 4) is 0 Å². The van der Waals surface area contributed by atoms with E-state index in [1.54, 1.807) is 11.3 Å². The topological polar surface area (TPSA) is 12.9 Å². The molecule has 0 saturated carbocycles. The van der Waals surface area contributed by atoms with Gasteiger partial charge in [0, 0.05) is 0 Å². The Bertz CT molecular complexity index is 429. The monoisotopic (exact) mass is 235 g/mol. The van der Waals surface area contributed by atoms with Crippen molar-refractivity contribution in [3.63, 3.8) is 0 Å². The maximum atomic E-state index is 4.37. The fourth-order valence-electron chi connectivity index (χ4n) is 1.50. The van der Waals surface area contributed by atoms with Crippen LogP contribution in [0.1, 0.15) is 43.7 Å². The van der Waals surface area contributed by atoms with Gasteiger partial charge in [-0.3, -0.25) is 0 Å². The highest BCUT2D eigenvalue weighted by molar-refractivity contribution is 7.18. The van der Waals surface area contributed by atoms with E-state index in [-0.39, 0.29) is 0 Å². The van der Waals surface area contributed by atoms with E-state index < -0.39 is 0 Å². The lowest BCUT2D eigenvalue weighted by molar-refractivity contribution is 0.772. The maximum Gasteiger partial charge on any atom is 0.0907 e. The van der Waals surface area contributed by atoms with Crippen LogP contribution < -0.4 is 0 Å². The lowest BCUT2D eigenvalue weighted by Crippen LogP contribution is -1.70. The minimum absolute atomic E-state index is 1.12. The van der Waals surface area contributed by atoms with E-state index in [1.165, 1.54) is 29.5 Å². The van der Waals surface area contributed by atoms with Gasteiger partial charge in [-0.15, -0.1) is 11.3 Å².